The van der Waals surface area contributed by atoms with Gasteiger partial charge in [0.1, 0.15) is 5.58 Å². The second kappa shape index (κ2) is 6.47. The number of aromatic nitrogens is 2. The highest BCUT2D eigenvalue weighted by Crippen LogP contribution is 2.24. The molecule has 1 N–H and O–H groups in total. The van der Waals surface area contributed by atoms with E-state index >= 15 is 0 Å². The van der Waals surface area contributed by atoms with Crippen molar-refractivity contribution in [2.75, 3.05) is 5.32 Å². The topological polar surface area (TPSA) is 76.6 Å². The monoisotopic (exact) mass is 387 g/mol. The minimum atomic E-state index is -0.481. The van der Waals surface area contributed by atoms with E-state index in [0.29, 0.717) is 16.7 Å². The fourth-order valence-electron chi connectivity index (χ4n) is 3.03. The Balaban J connectivity index is 1.45. The number of para-hydroxylation sites is 1. The van der Waals surface area contributed by atoms with Gasteiger partial charge in [-0.3, -0.25) is 14.0 Å². The SMILES string of the molecule is O=C(Nc1cccc(-c2cn3ccsc3n2)c1)c1cc(=O)c2ccccc2o1. The zero-order valence-corrected chi connectivity index (χ0v) is 15.3. The summed E-state index contributed by atoms with van der Waals surface area (Å²) in [6.45, 7) is 0. The Labute approximate surface area is 162 Å². The van der Waals surface area contributed by atoms with Crippen LogP contribution in [0.15, 0.2) is 81.6 Å². The Morgan fingerprint density at radius 1 is 1.11 bits per heavy atom. The Morgan fingerprint density at radius 3 is 2.89 bits per heavy atom. The molecule has 3 heterocycles. The number of benzene rings is 2. The molecule has 0 bridgehead atoms. The van der Waals surface area contributed by atoms with Crippen LogP contribution in [-0.4, -0.2) is 15.3 Å². The summed E-state index contributed by atoms with van der Waals surface area (Å²) >= 11 is 1.56. The van der Waals surface area contributed by atoms with Crippen LogP contribution >= 0.6 is 11.3 Å². The van der Waals surface area contributed by atoms with Gasteiger partial charge in [0.2, 0.25) is 0 Å². The minimum Gasteiger partial charge on any atom is -0.451 e. The molecule has 0 saturated heterocycles. The molecule has 0 radical (unpaired) electrons. The average molecular weight is 387 g/mol. The Morgan fingerprint density at radius 2 is 2.00 bits per heavy atom. The normalized spacial score (nSPS) is 11.1. The van der Waals surface area contributed by atoms with E-state index in [9.17, 15) is 9.59 Å². The first-order valence-electron chi connectivity index (χ1n) is 8.54. The second-order valence-corrected chi connectivity index (χ2v) is 7.10. The van der Waals surface area contributed by atoms with Gasteiger partial charge < -0.3 is 9.73 Å². The van der Waals surface area contributed by atoms with E-state index < -0.39 is 5.91 Å². The molecule has 0 spiro atoms. The number of rotatable bonds is 3. The van der Waals surface area contributed by atoms with Gasteiger partial charge in [0.25, 0.3) is 5.91 Å². The van der Waals surface area contributed by atoms with Crippen LogP contribution in [0.3, 0.4) is 0 Å². The highest BCUT2D eigenvalue weighted by Gasteiger charge is 2.13. The molecule has 0 atom stereocenters. The quantitative estimate of drug-likeness (QED) is 0.497. The van der Waals surface area contributed by atoms with Crippen molar-refractivity contribution in [2.24, 2.45) is 0 Å². The van der Waals surface area contributed by atoms with Gasteiger partial charge in [-0.1, -0.05) is 24.3 Å². The van der Waals surface area contributed by atoms with Crippen molar-refractivity contribution in [3.05, 3.63) is 88.4 Å². The van der Waals surface area contributed by atoms with E-state index in [1.165, 1.54) is 6.07 Å². The average Bonchev–Trinajstić information content (AvgIpc) is 3.30. The van der Waals surface area contributed by atoms with Crippen molar-refractivity contribution >= 4 is 38.9 Å². The second-order valence-electron chi connectivity index (χ2n) is 6.22. The Kier molecular flexibility index (Phi) is 3.80. The van der Waals surface area contributed by atoms with Gasteiger partial charge >= 0.3 is 0 Å². The maximum Gasteiger partial charge on any atom is 0.291 e. The lowest BCUT2D eigenvalue weighted by Gasteiger charge is -2.07. The summed E-state index contributed by atoms with van der Waals surface area (Å²) < 4.78 is 7.55. The first kappa shape index (κ1) is 16.5. The number of fused-ring (bicyclic) bond motifs is 2. The molecular formula is C21H13N3O3S. The lowest BCUT2D eigenvalue weighted by Crippen LogP contribution is -2.15. The molecule has 6 nitrogen and oxygen atoms in total. The molecule has 0 fully saturated rings. The number of hydrogen-bond acceptors (Lipinski definition) is 5. The number of anilines is 1. The summed E-state index contributed by atoms with van der Waals surface area (Å²) in [5.74, 6) is -0.512. The van der Waals surface area contributed by atoms with Gasteiger partial charge in [-0.2, -0.15) is 0 Å². The van der Waals surface area contributed by atoms with Crippen LogP contribution in [0.2, 0.25) is 0 Å². The van der Waals surface area contributed by atoms with Crippen LogP contribution in [0, 0.1) is 0 Å². The van der Waals surface area contributed by atoms with Crippen LogP contribution in [0.25, 0.3) is 27.2 Å². The van der Waals surface area contributed by atoms with E-state index in [-0.39, 0.29) is 11.2 Å². The van der Waals surface area contributed by atoms with Crippen LogP contribution in [-0.2, 0) is 0 Å². The predicted molar refractivity (Wildman–Crippen MR) is 109 cm³/mol. The zero-order chi connectivity index (χ0) is 19.1. The third kappa shape index (κ3) is 2.87. The number of thiazole rings is 1. The van der Waals surface area contributed by atoms with Gasteiger partial charge in [0.05, 0.1) is 11.1 Å². The van der Waals surface area contributed by atoms with Crippen LogP contribution in [0.1, 0.15) is 10.6 Å². The third-order valence-electron chi connectivity index (χ3n) is 4.37. The summed E-state index contributed by atoms with van der Waals surface area (Å²) in [5.41, 5.74) is 2.43. The van der Waals surface area contributed by atoms with Gasteiger partial charge in [-0.15, -0.1) is 11.3 Å². The van der Waals surface area contributed by atoms with E-state index in [0.717, 1.165) is 16.2 Å². The first-order valence-corrected chi connectivity index (χ1v) is 9.42. The lowest BCUT2D eigenvalue weighted by atomic mass is 10.1. The van der Waals surface area contributed by atoms with Crippen molar-refractivity contribution in [3.63, 3.8) is 0 Å². The molecule has 0 aliphatic rings. The molecule has 0 unspecified atom stereocenters. The summed E-state index contributed by atoms with van der Waals surface area (Å²) in [6, 6.07) is 15.4. The summed E-state index contributed by atoms with van der Waals surface area (Å²) in [5, 5.41) is 5.20. The van der Waals surface area contributed by atoms with Crippen molar-refractivity contribution in [2.45, 2.75) is 0 Å². The molecule has 5 aromatic rings. The molecule has 5 rings (SSSR count). The van der Waals surface area contributed by atoms with E-state index in [1.54, 1.807) is 41.7 Å². The van der Waals surface area contributed by atoms with Crippen LogP contribution < -0.4 is 10.7 Å². The molecular weight excluding hydrogens is 374 g/mol. The molecule has 28 heavy (non-hydrogen) atoms. The predicted octanol–water partition coefficient (Wildman–Crippen LogP) is 4.42. The van der Waals surface area contributed by atoms with Gasteiger partial charge in [-0.25, -0.2) is 4.98 Å². The largest absolute Gasteiger partial charge is 0.451 e. The lowest BCUT2D eigenvalue weighted by molar-refractivity contribution is 0.0997. The number of imidazole rings is 1. The third-order valence-corrected chi connectivity index (χ3v) is 5.14. The minimum absolute atomic E-state index is 0.0309. The number of nitrogens with zero attached hydrogens (tertiary/aromatic N) is 2. The smallest absolute Gasteiger partial charge is 0.291 e. The molecule has 7 heteroatoms. The van der Waals surface area contributed by atoms with E-state index in [1.807, 2.05) is 40.4 Å². The number of carbonyl (C=O) groups is 1. The highest BCUT2D eigenvalue weighted by atomic mass is 32.1. The number of nitrogens with one attached hydrogen (secondary N) is 1. The van der Waals surface area contributed by atoms with Gasteiger partial charge in [-0.05, 0) is 24.3 Å². The number of amides is 1. The van der Waals surface area contributed by atoms with Crippen molar-refractivity contribution in [3.8, 4) is 11.3 Å². The summed E-state index contributed by atoms with van der Waals surface area (Å²) in [6.07, 6.45) is 3.89. The van der Waals surface area contributed by atoms with E-state index in [2.05, 4.69) is 10.3 Å². The standard InChI is InChI=1S/C21H13N3O3S/c25-17-11-19(27-18-7-2-1-6-15(17)18)20(26)22-14-5-3-4-13(10-14)16-12-24-8-9-28-21(24)23-16/h1-12H,(H,22,26). The number of carbonyl (C=O) groups excluding carboxylic acids is 1. The van der Waals surface area contributed by atoms with Crippen LogP contribution in [0.5, 0.6) is 0 Å². The molecule has 1 amide bonds. The molecule has 0 saturated carbocycles. The Hall–Kier alpha value is -3.71. The van der Waals surface area contributed by atoms with Crippen LogP contribution in [0.4, 0.5) is 5.69 Å². The van der Waals surface area contributed by atoms with Crippen molar-refractivity contribution < 1.29 is 9.21 Å². The fraction of sp³-hybridized carbons (Fsp3) is 0. The molecule has 0 aliphatic heterocycles. The van der Waals surface area contributed by atoms with Gasteiger partial charge in [0.15, 0.2) is 16.1 Å². The summed E-state index contributed by atoms with van der Waals surface area (Å²) in [4.78, 5) is 30.3. The maximum atomic E-state index is 12.6. The molecule has 136 valence electrons. The molecule has 0 aliphatic carbocycles. The van der Waals surface area contributed by atoms with Gasteiger partial charge in [0, 0.05) is 35.1 Å². The number of hydrogen-bond donors (Lipinski definition) is 1. The van der Waals surface area contributed by atoms with E-state index in [4.69, 9.17) is 4.42 Å². The summed E-state index contributed by atoms with van der Waals surface area (Å²) in [7, 11) is 0. The van der Waals surface area contributed by atoms with Crippen molar-refractivity contribution in [1.29, 1.82) is 0 Å². The zero-order valence-electron chi connectivity index (χ0n) is 14.5. The Bertz CT molecular complexity index is 1370. The molecule has 3 aromatic heterocycles. The van der Waals surface area contributed by atoms with Crippen molar-refractivity contribution in [1.82, 2.24) is 9.38 Å². The fourth-order valence-corrected chi connectivity index (χ4v) is 3.73. The first-order chi connectivity index (χ1) is 13.7. The highest BCUT2D eigenvalue weighted by molar-refractivity contribution is 7.15. The maximum absolute atomic E-state index is 12.6. The molecule has 2 aromatic carbocycles.